The van der Waals surface area contributed by atoms with Gasteiger partial charge in [-0.1, -0.05) is 30.3 Å². The number of H-pyrrole nitrogens is 1. The lowest BCUT2D eigenvalue weighted by atomic mass is 9.93. The van der Waals surface area contributed by atoms with E-state index in [1.54, 1.807) is 6.26 Å². The first-order valence-corrected chi connectivity index (χ1v) is 8.25. The van der Waals surface area contributed by atoms with Crippen LogP contribution in [0.4, 0.5) is 0 Å². The minimum absolute atomic E-state index is 0.0686. The number of rotatable bonds is 4. The maximum Gasteiger partial charge on any atom is 0.271 e. The molecular formula is C19H19N3O2. The summed E-state index contributed by atoms with van der Waals surface area (Å²) in [7, 11) is 0. The van der Waals surface area contributed by atoms with Crippen LogP contribution in [-0.2, 0) is 12.8 Å². The highest BCUT2D eigenvalue weighted by Crippen LogP contribution is 2.28. The second-order valence-corrected chi connectivity index (χ2v) is 6.05. The first-order chi connectivity index (χ1) is 11.8. The van der Waals surface area contributed by atoms with E-state index in [1.165, 1.54) is 5.56 Å². The van der Waals surface area contributed by atoms with E-state index in [9.17, 15) is 4.79 Å². The van der Waals surface area contributed by atoms with Crippen molar-refractivity contribution in [1.29, 1.82) is 0 Å². The highest BCUT2D eigenvalue weighted by molar-refractivity contribution is 5.93. The summed E-state index contributed by atoms with van der Waals surface area (Å²) in [5.74, 6) is 1.71. The van der Waals surface area contributed by atoms with Crippen LogP contribution in [0.5, 0.6) is 0 Å². The fraction of sp³-hybridized carbons (Fsp3) is 0.263. The number of nitrogens with one attached hydrogen (secondary N) is 2. The molecule has 122 valence electrons. The van der Waals surface area contributed by atoms with Gasteiger partial charge in [-0.15, -0.1) is 0 Å². The van der Waals surface area contributed by atoms with Gasteiger partial charge >= 0.3 is 0 Å². The van der Waals surface area contributed by atoms with Gasteiger partial charge in [0.15, 0.2) is 0 Å². The van der Waals surface area contributed by atoms with Gasteiger partial charge in [0.1, 0.15) is 17.3 Å². The SMILES string of the molecule is O=C1NCCCc2[nH]c(CC(c3ccccc3)c3ccco3)nc21. The summed E-state index contributed by atoms with van der Waals surface area (Å²) < 4.78 is 5.64. The van der Waals surface area contributed by atoms with Gasteiger partial charge in [0.2, 0.25) is 0 Å². The third-order valence-electron chi connectivity index (χ3n) is 4.42. The molecule has 0 spiro atoms. The molecule has 1 unspecified atom stereocenters. The zero-order valence-corrected chi connectivity index (χ0v) is 13.3. The van der Waals surface area contributed by atoms with Gasteiger partial charge in [0, 0.05) is 24.6 Å². The highest BCUT2D eigenvalue weighted by atomic mass is 16.3. The zero-order valence-electron chi connectivity index (χ0n) is 13.3. The van der Waals surface area contributed by atoms with E-state index in [-0.39, 0.29) is 11.8 Å². The molecule has 1 amide bonds. The van der Waals surface area contributed by atoms with Gasteiger partial charge in [0.25, 0.3) is 5.91 Å². The van der Waals surface area contributed by atoms with Crippen molar-refractivity contribution in [2.75, 3.05) is 6.54 Å². The number of fused-ring (bicyclic) bond motifs is 1. The van der Waals surface area contributed by atoms with Gasteiger partial charge < -0.3 is 14.7 Å². The Kier molecular flexibility index (Phi) is 3.91. The molecule has 0 saturated heterocycles. The molecule has 4 rings (SSSR count). The largest absolute Gasteiger partial charge is 0.469 e. The van der Waals surface area contributed by atoms with Crippen LogP contribution in [0.1, 0.15) is 45.7 Å². The lowest BCUT2D eigenvalue weighted by Crippen LogP contribution is -2.23. The van der Waals surface area contributed by atoms with E-state index in [0.717, 1.165) is 30.1 Å². The van der Waals surface area contributed by atoms with Gasteiger partial charge in [-0.3, -0.25) is 4.79 Å². The Morgan fingerprint density at radius 3 is 2.83 bits per heavy atom. The van der Waals surface area contributed by atoms with Crippen LogP contribution in [-0.4, -0.2) is 22.4 Å². The van der Waals surface area contributed by atoms with Crippen LogP contribution < -0.4 is 5.32 Å². The predicted molar refractivity (Wildman–Crippen MR) is 89.9 cm³/mol. The Balaban J connectivity index is 1.66. The molecule has 3 aromatic rings. The smallest absolute Gasteiger partial charge is 0.271 e. The molecule has 2 N–H and O–H groups in total. The second kappa shape index (κ2) is 6.35. The van der Waals surface area contributed by atoms with Crippen LogP contribution in [0.2, 0.25) is 0 Å². The minimum atomic E-state index is -0.0840. The summed E-state index contributed by atoms with van der Waals surface area (Å²) in [6.07, 6.45) is 4.13. The monoisotopic (exact) mass is 321 g/mol. The van der Waals surface area contributed by atoms with E-state index in [1.807, 2.05) is 30.3 Å². The van der Waals surface area contributed by atoms with E-state index < -0.39 is 0 Å². The van der Waals surface area contributed by atoms with Crippen LogP contribution in [0, 0.1) is 0 Å². The number of imidazole rings is 1. The average Bonchev–Trinajstić information content (AvgIpc) is 3.24. The van der Waals surface area contributed by atoms with E-state index >= 15 is 0 Å². The standard InChI is InChI=1S/C19H19N3O2/c23-19-18-15(8-4-10-20-19)21-17(22-18)12-14(16-9-5-11-24-16)13-6-2-1-3-7-13/h1-3,5-7,9,11,14H,4,8,10,12H2,(H,20,23)(H,21,22). The molecule has 24 heavy (non-hydrogen) atoms. The topological polar surface area (TPSA) is 70.9 Å². The molecule has 0 aliphatic carbocycles. The average molecular weight is 321 g/mol. The first-order valence-electron chi connectivity index (χ1n) is 8.25. The van der Waals surface area contributed by atoms with Crippen molar-refractivity contribution in [1.82, 2.24) is 15.3 Å². The molecule has 0 fully saturated rings. The van der Waals surface area contributed by atoms with Crippen molar-refractivity contribution in [3.05, 3.63) is 77.3 Å². The van der Waals surface area contributed by atoms with Gasteiger partial charge in [-0.25, -0.2) is 4.98 Å². The Hall–Kier alpha value is -2.82. The Morgan fingerprint density at radius 1 is 1.17 bits per heavy atom. The third-order valence-corrected chi connectivity index (χ3v) is 4.42. The molecule has 5 nitrogen and oxygen atoms in total. The Bertz CT molecular complexity index is 822. The summed E-state index contributed by atoms with van der Waals surface area (Å²) >= 11 is 0. The molecule has 3 heterocycles. The fourth-order valence-corrected chi connectivity index (χ4v) is 3.23. The summed E-state index contributed by atoms with van der Waals surface area (Å²) in [5.41, 5.74) is 2.64. The second-order valence-electron chi connectivity index (χ2n) is 6.05. The molecule has 0 radical (unpaired) electrons. The number of nitrogens with zero attached hydrogens (tertiary/aromatic N) is 1. The van der Waals surface area contributed by atoms with Crippen LogP contribution >= 0.6 is 0 Å². The highest BCUT2D eigenvalue weighted by Gasteiger charge is 2.23. The fourth-order valence-electron chi connectivity index (χ4n) is 3.23. The summed E-state index contributed by atoms with van der Waals surface area (Å²) in [5, 5.41) is 2.89. The number of amides is 1. The first kappa shape index (κ1) is 14.8. The lowest BCUT2D eigenvalue weighted by Gasteiger charge is -2.13. The summed E-state index contributed by atoms with van der Waals surface area (Å²) in [6, 6.07) is 14.1. The molecule has 0 bridgehead atoms. The Morgan fingerprint density at radius 2 is 2.04 bits per heavy atom. The predicted octanol–water partition coefficient (Wildman–Crippen LogP) is 3.05. The van der Waals surface area contributed by atoms with Crippen molar-refractivity contribution in [2.24, 2.45) is 0 Å². The van der Waals surface area contributed by atoms with E-state index in [2.05, 4.69) is 27.4 Å². The molecular weight excluding hydrogens is 302 g/mol. The number of hydrogen-bond acceptors (Lipinski definition) is 3. The normalized spacial score (nSPS) is 15.4. The van der Waals surface area contributed by atoms with Crippen molar-refractivity contribution in [3.8, 4) is 0 Å². The molecule has 5 heteroatoms. The van der Waals surface area contributed by atoms with Gasteiger partial charge in [0.05, 0.1) is 6.26 Å². The number of furan rings is 1. The zero-order chi connectivity index (χ0) is 16.4. The molecule has 1 atom stereocenters. The molecule has 2 aromatic heterocycles. The van der Waals surface area contributed by atoms with Gasteiger partial charge in [-0.05, 0) is 30.5 Å². The lowest BCUT2D eigenvalue weighted by molar-refractivity contribution is 0.0951. The maximum absolute atomic E-state index is 12.1. The van der Waals surface area contributed by atoms with Crippen molar-refractivity contribution >= 4 is 5.91 Å². The van der Waals surface area contributed by atoms with Crippen LogP contribution in [0.25, 0.3) is 0 Å². The maximum atomic E-state index is 12.1. The summed E-state index contributed by atoms with van der Waals surface area (Å²) in [4.78, 5) is 20.0. The number of carbonyl (C=O) groups is 1. The van der Waals surface area contributed by atoms with Crippen molar-refractivity contribution in [3.63, 3.8) is 0 Å². The third kappa shape index (κ3) is 2.85. The molecule has 1 aliphatic rings. The number of carbonyl (C=O) groups excluding carboxylic acids is 1. The number of aryl methyl sites for hydroxylation is 1. The van der Waals surface area contributed by atoms with Crippen molar-refractivity contribution in [2.45, 2.75) is 25.2 Å². The van der Waals surface area contributed by atoms with Gasteiger partial charge in [-0.2, -0.15) is 0 Å². The van der Waals surface area contributed by atoms with Crippen LogP contribution in [0.3, 0.4) is 0 Å². The number of benzene rings is 1. The molecule has 1 aromatic carbocycles. The number of aromatic nitrogens is 2. The minimum Gasteiger partial charge on any atom is -0.469 e. The molecule has 0 saturated carbocycles. The van der Waals surface area contributed by atoms with Crippen LogP contribution in [0.15, 0.2) is 53.1 Å². The Labute approximate surface area is 140 Å². The number of aromatic amines is 1. The molecule has 1 aliphatic heterocycles. The number of hydrogen-bond donors (Lipinski definition) is 2. The van der Waals surface area contributed by atoms with E-state index in [0.29, 0.717) is 18.7 Å². The quantitative estimate of drug-likeness (QED) is 0.776. The van der Waals surface area contributed by atoms with E-state index in [4.69, 9.17) is 4.42 Å². The van der Waals surface area contributed by atoms with Crippen molar-refractivity contribution < 1.29 is 9.21 Å². The summed E-state index contributed by atoms with van der Waals surface area (Å²) in [6.45, 7) is 0.706.